The molecule has 0 aliphatic carbocycles. The SMILES string of the molecule is CC(C)CC(C)(O)CNCc1cncn1C. The van der Waals surface area contributed by atoms with Gasteiger partial charge in [-0.25, -0.2) is 4.98 Å². The van der Waals surface area contributed by atoms with Gasteiger partial charge in [0.15, 0.2) is 0 Å². The number of nitrogens with zero attached hydrogens (tertiary/aromatic N) is 2. The second-order valence-electron chi connectivity index (χ2n) is 5.19. The van der Waals surface area contributed by atoms with E-state index in [4.69, 9.17) is 0 Å². The smallest absolute Gasteiger partial charge is 0.0945 e. The number of imidazole rings is 1. The monoisotopic (exact) mass is 225 g/mol. The summed E-state index contributed by atoms with van der Waals surface area (Å²) < 4.78 is 1.98. The zero-order valence-corrected chi connectivity index (χ0v) is 10.7. The maximum absolute atomic E-state index is 10.1. The first-order valence-corrected chi connectivity index (χ1v) is 5.79. The van der Waals surface area contributed by atoms with E-state index in [-0.39, 0.29) is 0 Å². The van der Waals surface area contributed by atoms with Crippen molar-refractivity contribution in [2.24, 2.45) is 13.0 Å². The molecule has 1 unspecified atom stereocenters. The van der Waals surface area contributed by atoms with E-state index in [0.717, 1.165) is 18.7 Å². The van der Waals surface area contributed by atoms with Crippen molar-refractivity contribution >= 4 is 0 Å². The van der Waals surface area contributed by atoms with E-state index in [2.05, 4.69) is 24.1 Å². The molecule has 0 amide bonds. The Balaban J connectivity index is 2.32. The number of aromatic nitrogens is 2. The maximum Gasteiger partial charge on any atom is 0.0945 e. The molecule has 4 nitrogen and oxygen atoms in total. The van der Waals surface area contributed by atoms with Gasteiger partial charge in [0.2, 0.25) is 0 Å². The summed E-state index contributed by atoms with van der Waals surface area (Å²) in [5.74, 6) is 0.508. The molecule has 0 radical (unpaired) electrons. The summed E-state index contributed by atoms with van der Waals surface area (Å²) in [5.41, 5.74) is 0.493. The van der Waals surface area contributed by atoms with Crippen molar-refractivity contribution in [1.29, 1.82) is 0 Å². The predicted molar refractivity (Wildman–Crippen MR) is 65.0 cm³/mol. The second kappa shape index (κ2) is 5.46. The first-order valence-electron chi connectivity index (χ1n) is 5.79. The lowest BCUT2D eigenvalue weighted by Gasteiger charge is -2.25. The Labute approximate surface area is 97.7 Å². The average Bonchev–Trinajstić information content (AvgIpc) is 2.49. The Morgan fingerprint density at radius 3 is 2.75 bits per heavy atom. The van der Waals surface area contributed by atoms with E-state index in [1.54, 1.807) is 6.33 Å². The summed E-state index contributed by atoms with van der Waals surface area (Å²) in [7, 11) is 1.97. The molecule has 0 saturated heterocycles. The summed E-state index contributed by atoms with van der Waals surface area (Å²) in [6.07, 6.45) is 4.43. The fourth-order valence-corrected chi connectivity index (χ4v) is 1.97. The van der Waals surface area contributed by atoms with Crippen molar-refractivity contribution in [3.05, 3.63) is 18.2 Å². The third-order valence-corrected chi connectivity index (χ3v) is 2.58. The van der Waals surface area contributed by atoms with Crippen molar-refractivity contribution in [3.8, 4) is 0 Å². The molecule has 0 aliphatic rings. The fraction of sp³-hybridized carbons (Fsp3) is 0.750. The Bertz CT molecular complexity index is 318. The summed E-state index contributed by atoms with van der Waals surface area (Å²) >= 11 is 0. The van der Waals surface area contributed by atoms with E-state index < -0.39 is 5.60 Å². The van der Waals surface area contributed by atoms with Crippen LogP contribution in [0.3, 0.4) is 0 Å². The highest BCUT2D eigenvalue weighted by molar-refractivity contribution is 4.97. The lowest BCUT2D eigenvalue weighted by Crippen LogP contribution is -2.38. The molecule has 0 saturated carbocycles. The second-order valence-corrected chi connectivity index (χ2v) is 5.19. The molecule has 0 fully saturated rings. The van der Waals surface area contributed by atoms with Gasteiger partial charge in [0, 0.05) is 26.3 Å². The van der Waals surface area contributed by atoms with Gasteiger partial charge in [-0.15, -0.1) is 0 Å². The molecule has 1 atom stereocenters. The van der Waals surface area contributed by atoms with Gasteiger partial charge in [-0.05, 0) is 19.3 Å². The van der Waals surface area contributed by atoms with Crippen LogP contribution >= 0.6 is 0 Å². The van der Waals surface area contributed by atoms with Crippen molar-refractivity contribution in [2.75, 3.05) is 6.54 Å². The Kier molecular flexibility index (Phi) is 4.50. The van der Waals surface area contributed by atoms with Gasteiger partial charge in [-0.2, -0.15) is 0 Å². The van der Waals surface area contributed by atoms with Crippen LogP contribution in [0.4, 0.5) is 0 Å². The first kappa shape index (κ1) is 13.2. The third-order valence-electron chi connectivity index (χ3n) is 2.58. The van der Waals surface area contributed by atoms with E-state index in [1.165, 1.54) is 0 Å². The molecule has 16 heavy (non-hydrogen) atoms. The third kappa shape index (κ3) is 4.33. The summed E-state index contributed by atoms with van der Waals surface area (Å²) in [4.78, 5) is 4.05. The highest BCUT2D eigenvalue weighted by atomic mass is 16.3. The van der Waals surface area contributed by atoms with Crippen LogP contribution in [0.15, 0.2) is 12.5 Å². The summed E-state index contributed by atoms with van der Waals surface area (Å²) in [5, 5.41) is 13.4. The minimum Gasteiger partial charge on any atom is -0.389 e. The van der Waals surface area contributed by atoms with Crippen LogP contribution in [0.25, 0.3) is 0 Å². The first-order chi connectivity index (χ1) is 7.41. The Morgan fingerprint density at radius 1 is 1.56 bits per heavy atom. The predicted octanol–water partition coefficient (Wildman–Crippen LogP) is 1.31. The van der Waals surface area contributed by atoms with Gasteiger partial charge in [-0.1, -0.05) is 13.8 Å². The maximum atomic E-state index is 10.1. The highest BCUT2D eigenvalue weighted by Gasteiger charge is 2.21. The molecule has 0 aromatic carbocycles. The van der Waals surface area contributed by atoms with E-state index >= 15 is 0 Å². The topological polar surface area (TPSA) is 50.1 Å². The van der Waals surface area contributed by atoms with Crippen molar-refractivity contribution in [3.63, 3.8) is 0 Å². The minimum absolute atomic E-state index is 0.508. The number of hydrogen-bond donors (Lipinski definition) is 2. The van der Waals surface area contributed by atoms with Crippen LogP contribution in [0.2, 0.25) is 0 Å². The summed E-state index contributed by atoms with van der Waals surface area (Å²) in [6.45, 7) is 7.47. The molecule has 0 aliphatic heterocycles. The highest BCUT2D eigenvalue weighted by Crippen LogP contribution is 2.15. The number of rotatable bonds is 6. The summed E-state index contributed by atoms with van der Waals surface area (Å²) in [6, 6.07) is 0. The van der Waals surface area contributed by atoms with Gasteiger partial charge in [0.25, 0.3) is 0 Å². The largest absolute Gasteiger partial charge is 0.389 e. The number of aliphatic hydroxyl groups is 1. The quantitative estimate of drug-likeness (QED) is 0.767. The lowest BCUT2D eigenvalue weighted by molar-refractivity contribution is 0.0382. The minimum atomic E-state index is -0.632. The number of aryl methyl sites for hydroxylation is 1. The number of nitrogens with one attached hydrogen (secondary N) is 1. The molecular weight excluding hydrogens is 202 g/mol. The molecular formula is C12H23N3O. The molecule has 2 N–H and O–H groups in total. The van der Waals surface area contributed by atoms with Gasteiger partial charge < -0.3 is 15.0 Å². The fourth-order valence-electron chi connectivity index (χ4n) is 1.97. The van der Waals surface area contributed by atoms with Crippen LogP contribution in [0.5, 0.6) is 0 Å². The zero-order valence-electron chi connectivity index (χ0n) is 10.7. The van der Waals surface area contributed by atoms with E-state index in [1.807, 2.05) is 24.7 Å². The molecule has 92 valence electrons. The molecule has 1 heterocycles. The normalized spacial score (nSPS) is 15.4. The van der Waals surface area contributed by atoms with Crippen molar-refractivity contribution in [1.82, 2.24) is 14.9 Å². The van der Waals surface area contributed by atoms with Crippen LogP contribution < -0.4 is 5.32 Å². The molecule has 0 spiro atoms. The Hall–Kier alpha value is -0.870. The molecule has 1 rings (SSSR count). The van der Waals surface area contributed by atoms with Gasteiger partial charge >= 0.3 is 0 Å². The van der Waals surface area contributed by atoms with Crippen LogP contribution in [0, 0.1) is 5.92 Å². The zero-order chi connectivity index (χ0) is 12.2. The van der Waals surface area contributed by atoms with Gasteiger partial charge in [0.1, 0.15) is 0 Å². The van der Waals surface area contributed by atoms with Gasteiger partial charge in [0.05, 0.1) is 17.6 Å². The van der Waals surface area contributed by atoms with E-state index in [9.17, 15) is 5.11 Å². The number of hydrogen-bond acceptors (Lipinski definition) is 3. The average molecular weight is 225 g/mol. The van der Waals surface area contributed by atoms with Crippen LogP contribution in [-0.2, 0) is 13.6 Å². The standard InChI is InChI=1S/C12H23N3O/c1-10(2)5-12(3,16)8-13-6-11-7-14-9-15(11)4/h7,9-10,13,16H,5-6,8H2,1-4H3. The van der Waals surface area contributed by atoms with Crippen LogP contribution in [0.1, 0.15) is 32.9 Å². The van der Waals surface area contributed by atoms with E-state index in [0.29, 0.717) is 12.5 Å². The molecule has 1 aromatic rings. The van der Waals surface area contributed by atoms with Gasteiger partial charge in [-0.3, -0.25) is 0 Å². The molecule has 0 bridgehead atoms. The van der Waals surface area contributed by atoms with Crippen molar-refractivity contribution < 1.29 is 5.11 Å². The molecule has 4 heteroatoms. The Morgan fingerprint density at radius 2 is 2.25 bits per heavy atom. The lowest BCUT2D eigenvalue weighted by atomic mass is 9.94. The van der Waals surface area contributed by atoms with Crippen LogP contribution in [-0.4, -0.2) is 26.8 Å². The molecule has 1 aromatic heterocycles. The van der Waals surface area contributed by atoms with Crippen molar-refractivity contribution in [2.45, 2.75) is 39.3 Å².